The van der Waals surface area contributed by atoms with Crippen LogP contribution in [0.2, 0.25) is 0 Å². The fourth-order valence-corrected chi connectivity index (χ4v) is 2.29. The largest absolute Gasteiger partial charge is 0.493 e. The second-order valence-electron chi connectivity index (χ2n) is 4.08. The summed E-state index contributed by atoms with van der Waals surface area (Å²) in [5.74, 6) is 0.667. The Labute approximate surface area is 120 Å². The first-order valence-electron chi connectivity index (χ1n) is 6.05. The van der Waals surface area contributed by atoms with Gasteiger partial charge in [0.25, 0.3) is 0 Å². The van der Waals surface area contributed by atoms with Crippen LogP contribution < -0.4 is 4.74 Å². The molecule has 0 fully saturated rings. The maximum absolute atomic E-state index is 10.6. The molecule has 2 aromatic rings. The van der Waals surface area contributed by atoms with Crippen LogP contribution >= 0.6 is 11.8 Å². The highest BCUT2D eigenvalue weighted by Crippen LogP contribution is 2.15. The molecule has 1 N–H and O–H groups in total. The number of ether oxygens (including phenoxy) is 1. The van der Waals surface area contributed by atoms with E-state index in [0.717, 1.165) is 22.2 Å². The molecular weight excluding hydrogens is 278 g/mol. The van der Waals surface area contributed by atoms with Gasteiger partial charge in [-0.1, -0.05) is 23.9 Å². The molecule has 0 amide bonds. The molecule has 0 saturated carbocycles. The summed E-state index contributed by atoms with van der Waals surface area (Å²) in [4.78, 5) is 14.7. The number of hydrogen-bond donors (Lipinski definition) is 1. The number of carboxylic acids is 1. The van der Waals surface area contributed by atoms with Crippen molar-refractivity contribution in [3.63, 3.8) is 0 Å². The summed E-state index contributed by atoms with van der Waals surface area (Å²) in [6, 6.07) is 7.09. The Balaban J connectivity index is 1.74. The van der Waals surface area contributed by atoms with Gasteiger partial charge in [0, 0.05) is 12.8 Å². The van der Waals surface area contributed by atoms with Gasteiger partial charge < -0.3 is 9.84 Å². The number of carbonyl (C=O) groups is 1. The highest BCUT2D eigenvalue weighted by Gasteiger charge is 2.02. The Morgan fingerprint density at radius 1 is 1.40 bits per heavy atom. The predicted octanol–water partition coefficient (Wildman–Crippen LogP) is 1.61. The van der Waals surface area contributed by atoms with Crippen LogP contribution in [0, 0.1) is 0 Å². The maximum Gasteiger partial charge on any atom is 0.307 e. The second-order valence-corrected chi connectivity index (χ2v) is 5.14. The van der Waals surface area contributed by atoms with Gasteiger partial charge in [-0.15, -0.1) is 0 Å². The summed E-state index contributed by atoms with van der Waals surface area (Å²) in [5, 5.41) is 13.5. The van der Waals surface area contributed by atoms with E-state index in [-0.39, 0.29) is 6.42 Å². The van der Waals surface area contributed by atoms with Gasteiger partial charge in [-0.3, -0.25) is 4.79 Å². The fourth-order valence-electron chi connectivity index (χ4n) is 1.59. The lowest BCUT2D eigenvalue weighted by molar-refractivity contribution is -0.136. The SMILES string of the molecule is Cn1ncnc1SCCOc1ccc(CC(=O)O)cc1. The Morgan fingerprint density at radius 2 is 2.15 bits per heavy atom. The van der Waals surface area contributed by atoms with E-state index in [1.165, 1.54) is 6.33 Å². The summed E-state index contributed by atoms with van der Waals surface area (Å²) in [5.41, 5.74) is 0.762. The number of aryl methyl sites for hydroxylation is 1. The Hall–Kier alpha value is -2.02. The van der Waals surface area contributed by atoms with Crippen molar-refractivity contribution in [1.29, 1.82) is 0 Å². The first-order chi connectivity index (χ1) is 9.65. The zero-order chi connectivity index (χ0) is 14.4. The second kappa shape index (κ2) is 6.95. The first-order valence-corrected chi connectivity index (χ1v) is 7.04. The number of rotatable bonds is 7. The van der Waals surface area contributed by atoms with E-state index < -0.39 is 5.97 Å². The summed E-state index contributed by atoms with van der Waals surface area (Å²) < 4.78 is 7.29. The van der Waals surface area contributed by atoms with Crippen LogP contribution in [-0.4, -0.2) is 38.2 Å². The van der Waals surface area contributed by atoms with Gasteiger partial charge in [0.2, 0.25) is 0 Å². The molecule has 1 aromatic carbocycles. The van der Waals surface area contributed by atoms with Crippen LogP contribution in [0.3, 0.4) is 0 Å². The predicted molar refractivity (Wildman–Crippen MR) is 75.0 cm³/mol. The molecule has 20 heavy (non-hydrogen) atoms. The molecule has 0 bridgehead atoms. The molecular formula is C13H15N3O3S. The third-order valence-corrected chi connectivity index (χ3v) is 3.53. The normalized spacial score (nSPS) is 10.4. The van der Waals surface area contributed by atoms with Crippen molar-refractivity contribution < 1.29 is 14.6 Å². The Bertz CT molecular complexity index is 568. The zero-order valence-corrected chi connectivity index (χ0v) is 11.8. The summed E-state index contributed by atoms with van der Waals surface area (Å²) in [6.07, 6.45) is 1.55. The summed E-state index contributed by atoms with van der Waals surface area (Å²) >= 11 is 1.57. The average molecular weight is 293 g/mol. The van der Waals surface area contributed by atoms with Crippen LogP contribution in [0.1, 0.15) is 5.56 Å². The van der Waals surface area contributed by atoms with E-state index in [4.69, 9.17) is 9.84 Å². The number of nitrogens with zero attached hydrogens (tertiary/aromatic N) is 3. The fraction of sp³-hybridized carbons (Fsp3) is 0.308. The van der Waals surface area contributed by atoms with Gasteiger partial charge in [0.15, 0.2) is 5.16 Å². The maximum atomic E-state index is 10.6. The number of aliphatic carboxylic acids is 1. The van der Waals surface area contributed by atoms with E-state index in [9.17, 15) is 4.79 Å². The van der Waals surface area contributed by atoms with E-state index in [2.05, 4.69) is 10.1 Å². The molecule has 0 saturated heterocycles. The Morgan fingerprint density at radius 3 is 2.75 bits per heavy atom. The number of benzene rings is 1. The molecule has 0 aliphatic heterocycles. The zero-order valence-electron chi connectivity index (χ0n) is 11.0. The molecule has 6 nitrogen and oxygen atoms in total. The van der Waals surface area contributed by atoms with Gasteiger partial charge in [0.05, 0.1) is 13.0 Å². The molecule has 0 aliphatic carbocycles. The van der Waals surface area contributed by atoms with Crippen molar-refractivity contribution in [3.05, 3.63) is 36.2 Å². The lowest BCUT2D eigenvalue weighted by atomic mass is 10.1. The lowest BCUT2D eigenvalue weighted by Crippen LogP contribution is -2.03. The smallest absolute Gasteiger partial charge is 0.307 e. The van der Waals surface area contributed by atoms with E-state index in [0.29, 0.717) is 6.61 Å². The van der Waals surface area contributed by atoms with Crippen molar-refractivity contribution in [2.75, 3.05) is 12.4 Å². The van der Waals surface area contributed by atoms with Gasteiger partial charge in [-0.05, 0) is 17.7 Å². The lowest BCUT2D eigenvalue weighted by Gasteiger charge is -2.06. The molecule has 0 radical (unpaired) electrons. The van der Waals surface area contributed by atoms with Crippen molar-refractivity contribution in [2.24, 2.45) is 7.05 Å². The standard InChI is InChI=1S/C13H15N3O3S/c1-16-13(14-9-15-16)20-7-6-19-11-4-2-10(3-5-11)8-12(17)18/h2-5,9H,6-8H2,1H3,(H,17,18). The van der Waals surface area contributed by atoms with Crippen molar-refractivity contribution in [3.8, 4) is 5.75 Å². The number of carboxylic acid groups (broad SMARTS) is 1. The van der Waals surface area contributed by atoms with Gasteiger partial charge in [-0.25, -0.2) is 9.67 Å². The number of thioether (sulfide) groups is 1. The monoisotopic (exact) mass is 293 g/mol. The summed E-state index contributed by atoms with van der Waals surface area (Å²) in [7, 11) is 1.84. The molecule has 1 heterocycles. The third kappa shape index (κ3) is 4.27. The molecule has 7 heteroatoms. The molecule has 106 valence electrons. The molecule has 0 atom stereocenters. The quantitative estimate of drug-likeness (QED) is 0.617. The third-order valence-electron chi connectivity index (χ3n) is 2.53. The minimum absolute atomic E-state index is 0.0301. The topological polar surface area (TPSA) is 77.2 Å². The van der Waals surface area contributed by atoms with Gasteiger partial charge >= 0.3 is 5.97 Å². The molecule has 2 rings (SSSR count). The van der Waals surface area contributed by atoms with Crippen LogP contribution in [0.5, 0.6) is 5.75 Å². The van der Waals surface area contributed by atoms with Crippen molar-refractivity contribution >= 4 is 17.7 Å². The highest BCUT2D eigenvalue weighted by atomic mass is 32.2. The van der Waals surface area contributed by atoms with E-state index in [1.54, 1.807) is 40.7 Å². The molecule has 0 spiro atoms. The molecule has 1 aromatic heterocycles. The minimum Gasteiger partial charge on any atom is -0.493 e. The van der Waals surface area contributed by atoms with Crippen LogP contribution in [0.4, 0.5) is 0 Å². The van der Waals surface area contributed by atoms with Crippen molar-refractivity contribution in [2.45, 2.75) is 11.6 Å². The number of aromatic nitrogens is 3. The summed E-state index contributed by atoms with van der Waals surface area (Å²) in [6.45, 7) is 0.551. The first kappa shape index (κ1) is 14.4. The molecule has 0 unspecified atom stereocenters. The van der Waals surface area contributed by atoms with Gasteiger partial charge in [0.1, 0.15) is 12.1 Å². The van der Waals surface area contributed by atoms with Crippen LogP contribution in [0.15, 0.2) is 35.7 Å². The van der Waals surface area contributed by atoms with E-state index >= 15 is 0 Å². The van der Waals surface area contributed by atoms with Crippen LogP contribution in [0.25, 0.3) is 0 Å². The number of hydrogen-bond acceptors (Lipinski definition) is 5. The molecule has 0 aliphatic rings. The van der Waals surface area contributed by atoms with Crippen molar-refractivity contribution in [1.82, 2.24) is 14.8 Å². The Kier molecular flexibility index (Phi) is 5.00. The van der Waals surface area contributed by atoms with E-state index in [1.807, 2.05) is 7.05 Å². The minimum atomic E-state index is -0.834. The average Bonchev–Trinajstić information content (AvgIpc) is 2.82. The van der Waals surface area contributed by atoms with Gasteiger partial charge in [-0.2, -0.15) is 5.10 Å². The highest BCUT2D eigenvalue weighted by molar-refractivity contribution is 7.99. The van der Waals surface area contributed by atoms with Crippen LogP contribution in [-0.2, 0) is 18.3 Å².